The molecule has 16 heavy (non-hydrogen) atoms. The second-order valence-corrected chi connectivity index (χ2v) is 5.84. The molecule has 1 N–H and O–H groups in total. The van der Waals surface area contributed by atoms with Crippen molar-refractivity contribution in [2.45, 2.75) is 6.54 Å². The van der Waals surface area contributed by atoms with Crippen molar-refractivity contribution in [2.75, 3.05) is 37.7 Å². The van der Waals surface area contributed by atoms with Crippen LogP contribution >= 0.6 is 27.7 Å². The van der Waals surface area contributed by atoms with Crippen molar-refractivity contribution in [3.8, 4) is 0 Å². The number of nitrogens with one attached hydrogen (secondary N) is 1. The maximum atomic E-state index is 5.41. The lowest BCUT2D eigenvalue weighted by Gasteiger charge is -2.25. The molecule has 0 radical (unpaired) electrons. The minimum Gasteiger partial charge on any atom is -0.453 e. The lowest BCUT2D eigenvalue weighted by Crippen LogP contribution is -2.37. The molecule has 1 aliphatic heterocycles. The van der Waals surface area contributed by atoms with E-state index in [0.717, 1.165) is 30.1 Å². The fraction of sp³-hybridized carbons (Fsp3) is 0.636. The van der Waals surface area contributed by atoms with E-state index in [-0.39, 0.29) is 0 Å². The SMILES string of the molecule is Brc1ccc(CNCCN2CCSCC2)o1. The van der Waals surface area contributed by atoms with E-state index < -0.39 is 0 Å². The Morgan fingerprint density at radius 1 is 1.38 bits per heavy atom. The second kappa shape index (κ2) is 6.69. The van der Waals surface area contributed by atoms with Crippen LogP contribution in [0.5, 0.6) is 0 Å². The molecule has 2 rings (SSSR count). The Hall–Kier alpha value is 0.0300. The van der Waals surface area contributed by atoms with Gasteiger partial charge in [0.05, 0.1) is 6.54 Å². The van der Waals surface area contributed by atoms with Gasteiger partial charge in [0.15, 0.2) is 4.67 Å². The van der Waals surface area contributed by atoms with Crippen LogP contribution < -0.4 is 5.32 Å². The number of nitrogens with zero attached hydrogens (tertiary/aromatic N) is 1. The maximum Gasteiger partial charge on any atom is 0.169 e. The Bertz CT molecular complexity index is 313. The molecule has 2 heterocycles. The van der Waals surface area contributed by atoms with Crippen LogP contribution in [0.15, 0.2) is 21.2 Å². The summed E-state index contributed by atoms with van der Waals surface area (Å²) in [6, 6.07) is 3.92. The fourth-order valence-electron chi connectivity index (χ4n) is 1.72. The number of furan rings is 1. The zero-order chi connectivity index (χ0) is 11.2. The number of rotatable bonds is 5. The Morgan fingerprint density at radius 2 is 2.19 bits per heavy atom. The third-order valence-corrected chi connectivity index (χ3v) is 4.01. The van der Waals surface area contributed by atoms with Crippen molar-refractivity contribution in [3.63, 3.8) is 0 Å². The zero-order valence-electron chi connectivity index (χ0n) is 9.25. The molecule has 0 amide bonds. The molecule has 90 valence electrons. The highest BCUT2D eigenvalue weighted by atomic mass is 79.9. The first-order valence-electron chi connectivity index (χ1n) is 5.59. The van der Waals surface area contributed by atoms with Gasteiger partial charge in [0, 0.05) is 37.7 Å². The molecular formula is C11H17BrN2OS. The molecule has 0 spiro atoms. The molecule has 3 nitrogen and oxygen atoms in total. The van der Waals surface area contributed by atoms with Crippen LogP contribution in [0.3, 0.4) is 0 Å². The first-order valence-corrected chi connectivity index (χ1v) is 7.54. The molecule has 0 atom stereocenters. The highest BCUT2D eigenvalue weighted by Gasteiger charge is 2.09. The predicted molar refractivity (Wildman–Crippen MR) is 71.9 cm³/mol. The van der Waals surface area contributed by atoms with Gasteiger partial charge in [0.25, 0.3) is 0 Å². The van der Waals surface area contributed by atoms with Gasteiger partial charge < -0.3 is 14.6 Å². The summed E-state index contributed by atoms with van der Waals surface area (Å²) in [5.41, 5.74) is 0. The topological polar surface area (TPSA) is 28.4 Å². The van der Waals surface area contributed by atoms with Crippen LogP contribution in [0, 0.1) is 0 Å². The fourth-order valence-corrected chi connectivity index (χ4v) is 3.04. The Morgan fingerprint density at radius 3 is 2.88 bits per heavy atom. The van der Waals surface area contributed by atoms with Gasteiger partial charge in [0.1, 0.15) is 5.76 Å². The average Bonchev–Trinajstić information content (AvgIpc) is 2.72. The first-order chi connectivity index (χ1) is 7.84. The molecule has 1 aliphatic rings. The minimum atomic E-state index is 0.803. The summed E-state index contributed by atoms with van der Waals surface area (Å²) in [6.45, 7) is 5.46. The molecule has 0 bridgehead atoms. The largest absolute Gasteiger partial charge is 0.453 e. The van der Waals surface area contributed by atoms with Crippen LogP contribution in [-0.2, 0) is 6.54 Å². The van der Waals surface area contributed by atoms with Gasteiger partial charge >= 0.3 is 0 Å². The monoisotopic (exact) mass is 304 g/mol. The molecule has 1 saturated heterocycles. The highest BCUT2D eigenvalue weighted by molar-refractivity contribution is 9.10. The number of hydrogen-bond acceptors (Lipinski definition) is 4. The zero-order valence-corrected chi connectivity index (χ0v) is 11.6. The van der Waals surface area contributed by atoms with E-state index in [0.29, 0.717) is 0 Å². The Labute approximate surface area is 109 Å². The van der Waals surface area contributed by atoms with Crippen molar-refractivity contribution in [3.05, 3.63) is 22.6 Å². The number of halogens is 1. The van der Waals surface area contributed by atoms with Crippen LogP contribution in [0.4, 0.5) is 0 Å². The van der Waals surface area contributed by atoms with E-state index in [4.69, 9.17) is 4.42 Å². The third-order valence-electron chi connectivity index (χ3n) is 2.64. The molecule has 0 aromatic carbocycles. The normalized spacial score (nSPS) is 17.8. The van der Waals surface area contributed by atoms with Crippen LogP contribution in [0.1, 0.15) is 5.76 Å². The molecule has 0 saturated carbocycles. The van der Waals surface area contributed by atoms with E-state index in [1.165, 1.54) is 24.6 Å². The third kappa shape index (κ3) is 4.13. The van der Waals surface area contributed by atoms with Crippen LogP contribution in [0.25, 0.3) is 0 Å². The van der Waals surface area contributed by atoms with E-state index >= 15 is 0 Å². The van der Waals surface area contributed by atoms with E-state index in [2.05, 4.69) is 37.9 Å². The summed E-state index contributed by atoms with van der Waals surface area (Å²) in [5.74, 6) is 3.55. The summed E-state index contributed by atoms with van der Waals surface area (Å²) < 4.78 is 6.22. The van der Waals surface area contributed by atoms with Gasteiger partial charge in [-0.25, -0.2) is 0 Å². The predicted octanol–water partition coefficient (Wildman–Crippen LogP) is 2.18. The van der Waals surface area contributed by atoms with E-state index in [1.54, 1.807) is 0 Å². The molecular weight excluding hydrogens is 288 g/mol. The average molecular weight is 305 g/mol. The van der Waals surface area contributed by atoms with Gasteiger partial charge in [-0.2, -0.15) is 11.8 Å². The lowest BCUT2D eigenvalue weighted by atomic mass is 10.4. The van der Waals surface area contributed by atoms with Crippen molar-refractivity contribution in [2.24, 2.45) is 0 Å². The van der Waals surface area contributed by atoms with Crippen molar-refractivity contribution in [1.29, 1.82) is 0 Å². The Balaban J connectivity index is 1.57. The van der Waals surface area contributed by atoms with Crippen molar-refractivity contribution >= 4 is 27.7 Å². The van der Waals surface area contributed by atoms with Gasteiger partial charge in [-0.05, 0) is 28.1 Å². The summed E-state index contributed by atoms with van der Waals surface area (Å²) >= 11 is 5.35. The highest BCUT2D eigenvalue weighted by Crippen LogP contribution is 2.13. The molecule has 5 heteroatoms. The standard InChI is InChI=1S/C11H17BrN2OS/c12-11-2-1-10(15-11)9-13-3-4-14-5-7-16-8-6-14/h1-2,13H,3-9H2. The van der Waals surface area contributed by atoms with Gasteiger partial charge in [-0.1, -0.05) is 0 Å². The molecule has 1 aromatic heterocycles. The summed E-state index contributed by atoms with van der Waals surface area (Å²) in [7, 11) is 0. The molecule has 1 aromatic rings. The van der Waals surface area contributed by atoms with Crippen molar-refractivity contribution < 1.29 is 4.42 Å². The number of hydrogen-bond donors (Lipinski definition) is 1. The lowest BCUT2D eigenvalue weighted by molar-refractivity contribution is 0.299. The second-order valence-electron chi connectivity index (χ2n) is 3.84. The quantitative estimate of drug-likeness (QED) is 0.844. The first kappa shape index (κ1) is 12.5. The van der Waals surface area contributed by atoms with Gasteiger partial charge in [-0.3, -0.25) is 0 Å². The van der Waals surface area contributed by atoms with E-state index in [1.807, 2.05) is 12.1 Å². The molecule has 0 unspecified atom stereocenters. The van der Waals surface area contributed by atoms with Gasteiger partial charge in [0.2, 0.25) is 0 Å². The van der Waals surface area contributed by atoms with Gasteiger partial charge in [-0.15, -0.1) is 0 Å². The summed E-state index contributed by atoms with van der Waals surface area (Å²) in [5, 5.41) is 3.40. The number of thioether (sulfide) groups is 1. The maximum absolute atomic E-state index is 5.41. The molecule has 0 aliphatic carbocycles. The Kier molecular flexibility index (Phi) is 5.22. The van der Waals surface area contributed by atoms with Crippen LogP contribution in [0.2, 0.25) is 0 Å². The summed E-state index contributed by atoms with van der Waals surface area (Å²) in [4.78, 5) is 2.52. The minimum absolute atomic E-state index is 0.803. The van der Waals surface area contributed by atoms with Crippen molar-refractivity contribution in [1.82, 2.24) is 10.2 Å². The molecule has 1 fully saturated rings. The summed E-state index contributed by atoms with van der Waals surface area (Å²) in [6.07, 6.45) is 0. The smallest absolute Gasteiger partial charge is 0.169 e. The van der Waals surface area contributed by atoms with Crippen LogP contribution in [-0.4, -0.2) is 42.6 Å². The van der Waals surface area contributed by atoms with E-state index in [9.17, 15) is 0 Å².